The second kappa shape index (κ2) is 9.08. The quantitative estimate of drug-likeness (QED) is 0.525. The summed E-state index contributed by atoms with van der Waals surface area (Å²) in [4.78, 5) is 13.6. The second-order valence-corrected chi connectivity index (χ2v) is 9.19. The second-order valence-electron chi connectivity index (χ2n) is 9.19. The van der Waals surface area contributed by atoms with E-state index in [1.54, 1.807) is 47.0 Å². The highest BCUT2D eigenvalue weighted by atomic mass is 19.4. The lowest BCUT2D eigenvalue weighted by Crippen LogP contribution is -2.49. The van der Waals surface area contributed by atoms with Gasteiger partial charge in [0, 0.05) is 42.4 Å². The number of ether oxygens (including phenoxy) is 1. The maximum absolute atomic E-state index is 14.6. The van der Waals surface area contributed by atoms with Gasteiger partial charge in [0.25, 0.3) is 11.5 Å². The van der Waals surface area contributed by atoms with Gasteiger partial charge in [0.1, 0.15) is 5.75 Å². The molecule has 0 unspecified atom stereocenters. The molecule has 0 radical (unpaired) electrons. The van der Waals surface area contributed by atoms with E-state index in [9.17, 15) is 26.7 Å². The van der Waals surface area contributed by atoms with Gasteiger partial charge in [0.15, 0.2) is 0 Å². The van der Waals surface area contributed by atoms with Crippen molar-refractivity contribution in [2.75, 3.05) is 13.1 Å². The highest BCUT2D eigenvalue weighted by Gasteiger charge is 2.45. The Hall–Kier alpha value is -2.42. The summed E-state index contributed by atoms with van der Waals surface area (Å²) in [6.45, 7) is 6.66. The van der Waals surface area contributed by atoms with Gasteiger partial charge in [-0.1, -0.05) is 26.0 Å². The van der Waals surface area contributed by atoms with Crippen LogP contribution in [0.4, 0.5) is 22.0 Å². The average molecular weight is 472 g/mol. The minimum absolute atomic E-state index is 0.0859. The Balaban J connectivity index is 1.96. The molecule has 0 saturated carbocycles. The molecule has 1 fully saturated rings. The van der Waals surface area contributed by atoms with Crippen LogP contribution < -0.4 is 10.3 Å². The van der Waals surface area contributed by atoms with Crippen LogP contribution in [0, 0.1) is 25.7 Å². The fraction of sp³-hybridized carbons (Fsp3) is 0.542. The van der Waals surface area contributed by atoms with Crippen LogP contribution in [0.3, 0.4) is 0 Å². The Morgan fingerprint density at radius 3 is 2.42 bits per heavy atom. The molecule has 1 aliphatic rings. The predicted molar refractivity (Wildman–Crippen MR) is 116 cm³/mol. The zero-order valence-corrected chi connectivity index (χ0v) is 19.4. The maximum atomic E-state index is 14.6. The van der Waals surface area contributed by atoms with Crippen LogP contribution in [0.2, 0.25) is 0 Å². The molecule has 3 rings (SSSR count). The van der Waals surface area contributed by atoms with E-state index in [1.165, 1.54) is 21.6 Å². The van der Waals surface area contributed by atoms with E-state index in [-0.39, 0.29) is 30.0 Å². The number of benzene rings is 1. The Bertz CT molecular complexity index is 1080. The first-order chi connectivity index (χ1) is 15.2. The smallest absolute Gasteiger partial charge is 0.405 e. The first-order valence-electron chi connectivity index (χ1n) is 10.9. The third-order valence-corrected chi connectivity index (χ3v) is 6.47. The van der Waals surface area contributed by atoms with E-state index in [0.717, 1.165) is 0 Å². The number of aromatic nitrogens is 1. The van der Waals surface area contributed by atoms with Crippen molar-refractivity contribution in [2.24, 2.45) is 18.9 Å². The summed E-state index contributed by atoms with van der Waals surface area (Å²) < 4.78 is 74.3. The van der Waals surface area contributed by atoms with Gasteiger partial charge in [-0.15, -0.1) is 13.2 Å². The normalized spacial score (nSPS) is 19.2. The molecule has 0 spiro atoms. The number of piperidine rings is 1. The monoisotopic (exact) mass is 472 g/mol. The lowest BCUT2D eigenvalue weighted by Gasteiger charge is -2.40. The fourth-order valence-electron chi connectivity index (χ4n) is 4.56. The van der Waals surface area contributed by atoms with Gasteiger partial charge in [0.05, 0.1) is 6.54 Å². The molecule has 0 aliphatic carbocycles. The molecular weight excluding hydrogens is 443 g/mol. The number of pyridine rings is 1. The minimum atomic E-state index is -4.93. The Morgan fingerprint density at radius 2 is 1.85 bits per heavy atom. The molecule has 33 heavy (non-hydrogen) atoms. The van der Waals surface area contributed by atoms with E-state index >= 15 is 0 Å². The summed E-state index contributed by atoms with van der Waals surface area (Å²) in [7, 11) is 1.57. The predicted octanol–water partition coefficient (Wildman–Crippen LogP) is 5.68. The lowest BCUT2D eigenvalue weighted by atomic mass is 9.83. The topological polar surface area (TPSA) is 34.5 Å². The number of hydrogen-bond acceptors (Lipinski definition) is 3. The van der Waals surface area contributed by atoms with Crippen LogP contribution in [-0.4, -0.2) is 34.8 Å². The molecular formula is C24H29F5N2O2. The van der Waals surface area contributed by atoms with Crippen molar-refractivity contribution in [3.05, 3.63) is 51.4 Å². The van der Waals surface area contributed by atoms with Crippen LogP contribution >= 0.6 is 0 Å². The molecule has 2 heterocycles. The first-order valence-corrected chi connectivity index (χ1v) is 10.9. The van der Waals surface area contributed by atoms with Crippen LogP contribution in [0.25, 0.3) is 11.1 Å². The summed E-state index contributed by atoms with van der Waals surface area (Å²) in [5.41, 5.74) is 2.17. The summed E-state index contributed by atoms with van der Waals surface area (Å²) in [5, 5.41) is 0. The highest BCUT2D eigenvalue weighted by molar-refractivity contribution is 5.69. The summed E-state index contributed by atoms with van der Waals surface area (Å²) in [6, 6.07) is 4.36. The molecule has 1 aliphatic heterocycles. The number of likely N-dealkylation sites (tertiary alicyclic amines) is 1. The van der Waals surface area contributed by atoms with Crippen molar-refractivity contribution in [3.8, 4) is 16.9 Å². The van der Waals surface area contributed by atoms with Crippen molar-refractivity contribution in [3.63, 3.8) is 0 Å². The maximum Gasteiger partial charge on any atom is 0.573 e. The van der Waals surface area contributed by atoms with E-state index in [4.69, 9.17) is 0 Å². The molecule has 182 valence electrons. The lowest BCUT2D eigenvalue weighted by molar-refractivity contribution is -0.275. The van der Waals surface area contributed by atoms with E-state index in [0.29, 0.717) is 28.8 Å². The van der Waals surface area contributed by atoms with E-state index in [1.807, 2.05) is 0 Å². The van der Waals surface area contributed by atoms with Crippen LogP contribution in [0.5, 0.6) is 5.75 Å². The third kappa shape index (κ3) is 5.57. The van der Waals surface area contributed by atoms with Gasteiger partial charge in [0.2, 0.25) is 0 Å². The van der Waals surface area contributed by atoms with Crippen molar-refractivity contribution in [1.82, 2.24) is 9.47 Å². The summed E-state index contributed by atoms with van der Waals surface area (Å²) >= 11 is 0. The standard InChI is InChI=1S/C24H29F5N2O2/c1-14(2)20-8-9-31(13-23(20,25)26)11-18-7-6-17(10-21(18)33-24(27,28)29)19-12-30(5)22(32)16(4)15(19)3/h6-7,10,12,14,20H,8-9,11,13H2,1-5H3/t20-/m0/s1. The SMILES string of the molecule is Cc1c(-c2ccc(CN3CC[C@@H](C(C)C)C(F)(F)C3)c(OC(F)(F)F)c2)cn(C)c(=O)c1C. The molecule has 1 aromatic heterocycles. The number of aryl methyl sites for hydroxylation is 1. The number of hydrogen-bond donors (Lipinski definition) is 0. The van der Waals surface area contributed by atoms with Gasteiger partial charge in [-0.05, 0) is 49.9 Å². The van der Waals surface area contributed by atoms with Crippen LogP contribution in [-0.2, 0) is 13.6 Å². The van der Waals surface area contributed by atoms with Gasteiger partial charge in [-0.2, -0.15) is 0 Å². The van der Waals surface area contributed by atoms with Gasteiger partial charge >= 0.3 is 6.36 Å². The first kappa shape index (κ1) is 25.2. The third-order valence-electron chi connectivity index (χ3n) is 6.47. The number of rotatable bonds is 5. The van der Waals surface area contributed by atoms with Crippen molar-refractivity contribution >= 4 is 0 Å². The van der Waals surface area contributed by atoms with Crippen molar-refractivity contribution in [2.45, 2.75) is 52.9 Å². The van der Waals surface area contributed by atoms with Crippen molar-refractivity contribution in [1.29, 1.82) is 0 Å². The van der Waals surface area contributed by atoms with Gasteiger partial charge in [-0.3, -0.25) is 9.69 Å². The van der Waals surface area contributed by atoms with Crippen LogP contribution in [0.15, 0.2) is 29.2 Å². The van der Waals surface area contributed by atoms with Crippen molar-refractivity contribution < 1.29 is 26.7 Å². The zero-order chi connectivity index (χ0) is 24.7. The molecule has 1 aromatic carbocycles. The Labute approximate surface area is 190 Å². The number of halogens is 5. The molecule has 2 aromatic rings. The van der Waals surface area contributed by atoms with Crippen LogP contribution in [0.1, 0.15) is 37.0 Å². The van der Waals surface area contributed by atoms with E-state index < -0.39 is 30.5 Å². The largest absolute Gasteiger partial charge is 0.573 e. The molecule has 1 saturated heterocycles. The molecule has 1 atom stereocenters. The average Bonchev–Trinajstić information content (AvgIpc) is 2.68. The Kier molecular flexibility index (Phi) is 6.94. The summed E-state index contributed by atoms with van der Waals surface area (Å²) in [6.07, 6.45) is -3.10. The summed E-state index contributed by atoms with van der Waals surface area (Å²) in [5.74, 6) is -4.28. The zero-order valence-electron chi connectivity index (χ0n) is 19.4. The Morgan fingerprint density at radius 1 is 1.18 bits per heavy atom. The number of nitrogens with zero attached hydrogens (tertiary/aromatic N) is 2. The molecule has 0 bridgehead atoms. The minimum Gasteiger partial charge on any atom is -0.405 e. The fourth-order valence-corrected chi connectivity index (χ4v) is 4.56. The van der Waals surface area contributed by atoms with E-state index in [2.05, 4.69) is 4.74 Å². The molecule has 9 heteroatoms. The van der Waals surface area contributed by atoms with Gasteiger partial charge in [-0.25, -0.2) is 8.78 Å². The molecule has 0 N–H and O–H groups in total. The molecule has 4 nitrogen and oxygen atoms in total. The number of alkyl halides is 5. The highest BCUT2D eigenvalue weighted by Crippen LogP contribution is 2.39. The molecule has 0 amide bonds. The van der Waals surface area contributed by atoms with Gasteiger partial charge < -0.3 is 9.30 Å².